The van der Waals surface area contributed by atoms with Crippen LogP contribution in [0.5, 0.6) is 0 Å². The minimum atomic E-state index is -0.634. The fourth-order valence-electron chi connectivity index (χ4n) is 5.38. The van der Waals surface area contributed by atoms with Crippen LogP contribution in [0.3, 0.4) is 0 Å². The summed E-state index contributed by atoms with van der Waals surface area (Å²) < 4.78 is 4.79. The Balaban J connectivity index is 0.00000241. The molecule has 9 heteroatoms. The number of imide groups is 1. The van der Waals surface area contributed by atoms with Crippen LogP contribution in [0, 0.1) is 25.7 Å². The van der Waals surface area contributed by atoms with E-state index in [1.807, 2.05) is 24.3 Å². The number of rotatable bonds is 5. The lowest BCUT2D eigenvalue weighted by Gasteiger charge is -2.17. The van der Waals surface area contributed by atoms with E-state index in [1.54, 1.807) is 0 Å². The third kappa shape index (κ3) is 3.80. The van der Waals surface area contributed by atoms with Crippen molar-refractivity contribution in [2.24, 2.45) is 11.8 Å². The highest BCUT2D eigenvalue weighted by Crippen LogP contribution is 2.45. The van der Waals surface area contributed by atoms with E-state index in [0.29, 0.717) is 5.57 Å². The first-order valence-electron chi connectivity index (χ1n) is 11.4. The minimum absolute atomic E-state index is 0. The van der Waals surface area contributed by atoms with Crippen LogP contribution in [0.25, 0.3) is 11.6 Å². The first-order valence-corrected chi connectivity index (χ1v) is 11.4. The second kappa shape index (κ2) is 8.29. The zero-order valence-corrected chi connectivity index (χ0v) is 20.0. The molecule has 1 saturated carbocycles. The molecule has 0 radical (unpaired) electrons. The highest BCUT2D eigenvalue weighted by atomic mass is 35.5. The highest BCUT2D eigenvalue weighted by Gasteiger charge is 2.45. The van der Waals surface area contributed by atoms with Crippen molar-refractivity contribution in [1.29, 1.82) is 0 Å². The predicted molar refractivity (Wildman–Crippen MR) is 129 cm³/mol. The van der Waals surface area contributed by atoms with Crippen molar-refractivity contribution < 1.29 is 19.1 Å². The van der Waals surface area contributed by atoms with Crippen LogP contribution in [0.15, 0.2) is 18.2 Å². The molecule has 1 aliphatic carbocycles. The minimum Gasteiger partial charge on any atom is -0.439 e. The molecule has 4 heterocycles. The fourth-order valence-corrected chi connectivity index (χ4v) is 5.38. The van der Waals surface area contributed by atoms with E-state index in [0.717, 1.165) is 51.5 Å². The fraction of sp³-hybridized carbons (Fsp3) is 0.400. The van der Waals surface area contributed by atoms with Crippen molar-refractivity contribution in [2.75, 3.05) is 25.0 Å². The van der Waals surface area contributed by atoms with Crippen molar-refractivity contribution in [3.05, 3.63) is 51.8 Å². The van der Waals surface area contributed by atoms with Gasteiger partial charge >= 0.3 is 6.09 Å². The summed E-state index contributed by atoms with van der Waals surface area (Å²) in [7, 11) is 0. The number of amides is 3. The van der Waals surface area contributed by atoms with Gasteiger partial charge in [-0.25, -0.2) is 9.69 Å². The van der Waals surface area contributed by atoms with E-state index in [4.69, 9.17) is 4.74 Å². The van der Waals surface area contributed by atoms with Gasteiger partial charge in [-0.2, -0.15) is 0 Å². The first-order chi connectivity index (χ1) is 15.9. The Bertz CT molecular complexity index is 1220. The second-order valence-electron chi connectivity index (χ2n) is 9.64. The molecule has 178 valence electrons. The van der Waals surface area contributed by atoms with E-state index in [2.05, 4.69) is 29.0 Å². The number of anilines is 1. The number of fused-ring (bicyclic) bond motifs is 2. The molecule has 2 N–H and O–H groups in total. The van der Waals surface area contributed by atoms with Gasteiger partial charge in [-0.15, -0.1) is 12.4 Å². The number of cyclic esters (lactones) is 1. The van der Waals surface area contributed by atoms with Crippen LogP contribution in [0.1, 0.15) is 40.1 Å². The summed E-state index contributed by atoms with van der Waals surface area (Å²) in [6.45, 7) is 7.42. The molecule has 2 atom stereocenters. The summed E-state index contributed by atoms with van der Waals surface area (Å²) >= 11 is 0. The molecule has 3 fully saturated rings. The lowest BCUT2D eigenvalue weighted by molar-refractivity contribution is -0.126. The standard InChI is InChI=1S/C25H26N4O4.ClH/c1-13-20(11-28-9-16-6-17(16)10-28)14(2)26-22(13)7-19-18-5-15(3-4-21(18)27-24(19)31)8-29-23(30)12-33-25(29)32;/h3-5,7,16-17,26H,6,8-12H2,1-2H3,(H,27,31);1H/b19-7-;/t16-,17+;. The Labute approximate surface area is 203 Å². The van der Waals surface area contributed by atoms with Gasteiger partial charge in [-0.3, -0.25) is 14.5 Å². The van der Waals surface area contributed by atoms with Gasteiger partial charge in [0.25, 0.3) is 11.8 Å². The number of aromatic nitrogens is 1. The van der Waals surface area contributed by atoms with Gasteiger partial charge in [-0.05, 0) is 67.0 Å². The average Bonchev–Trinajstić information content (AvgIpc) is 3.00. The van der Waals surface area contributed by atoms with Crippen molar-refractivity contribution >= 4 is 47.7 Å². The lowest BCUT2D eigenvalue weighted by atomic mass is 10.0. The van der Waals surface area contributed by atoms with Crippen molar-refractivity contribution in [2.45, 2.75) is 33.4 Å². The number of nitrogens with zero attached hydrogens (tertiary/aromatic N) is 2. The molecule has 3 aliphatic heterocycles. The molecule has 3 amide bonds. The first kappa shape index (κ1) is 22.7. The van der Waals surface area contributed by atoms with Crippen molar-refractivity contribution in [1.82, 2.24) is 14.8 Å². The number of ether oxygens (including phenoxy) is 1. The number of hydrogen-bond acceptors (Lipinski definition) is 5. The molecule has 0 bridgehead atoms. The number of piperidine rings is 1. The van der Waals surface area contributed by atoms with Gasteiger partial charge in [0.2, 0.25) is 0 Å². The van der Waals surface area contributed by atoms with Gasteiger partial charge in [0, 0.05) is 42.3 Å². The normalized spacial score (nSPS) is 24.2. The van der Waals surface area contributed by atoms with E-state index in [9.17, 15) is 14.4 Å². The topological polar surface area (TPSA) is 94.7 Å². The summed E-state index contributed by atoms with van der Waals surface area (Å²) in [5.74, 6) is 1.28. The van der Waals surface area contributed by atoms with Gasteiger partial charge in [-0.1, -0.05) is 6.07 Å². The summed E-state index contributed by atoms with van der Waals surface area (Å²) in [4.78, 5) is 43.6. The van der Waals surface area contributed by atoms with Crippen LogP contribution in [0.2, 0.25) is 0 Å². The van der Waals surface area contributed by atoms with Crippen LogP contribution in [-0.4, -0.2) is 52.4 Å². The van der Waals surface area contributed by atoms with Gasteiger partial charge in [0.1, 0.15) is 0 Å². The third-order valence-corrected chi connectivity index (χ3v) is 7.40. The molecular weight excluding hydrogens is 456 g/mol. The summed E-state index contributed by atoms with van der Waals surface area (Å²) in [5.41, 5.74) is 7.38. The summed E-state index contributed by atoms with van der Waals surface area (Å²) in [6, 6.07) is 5.48. The Hall–Kier alpha value is -3.10. The van der Waals surface area contributed by atoms with Gasteiger partial charge < -0.3 is 15.0 Å². The Morgan fingerprint density at radius 1 is 1.12 bits per heavy atom. The second-order valence-corrected chi connectivity index (χ2v) is 9.64. The number of benzene rings is 1. The molecule has 1 aromatic carbocycles. The zero-order chi connectivity index (χ0) is 22.9. The molecule has 0 unspecified atom stereocenters. The molecule has 2 saturated heterocycles. The largest absolute Gasteiger partial charge is 0.439 e. The maximum absolute atomic E-state index is 12.8. The maximum Gasteiger partial charge on any atom is 0.417 e. The number of hydrogen-bond donors (Lipinski definition) is 2. The number of nitrogens with one attached hydrogen (secondary N) is 2. The zero-order valence-electron chi connectivity index (χ0n) is 19.1. The number of carbonyl (C=O) groups is 3. The number of likely N-dealkylation sites (tertiary alicyclic amines) is 1. The molecule has 0 spiro atoms. The van der Waals surface area contributed by atoms with Crippen molar-refractivity contribution in [3.8, 4) is 0 Å². The number of aryl methyl sites for hydroxylation is 1. The summed E-state index contributed by atoms with van der Waals surface area (Å²) in [5, 5.41) is 2.91. The number of aromatic amines is 1. The molecule has 4 aliphatic rings. The Morgan fingerprint density at radius 3 is 2.59 bits per heavy atom. The molecule has 8 nitrogen and oxygen atoms in total. The van der Waals surface area contributed by atoms with Crippen LogP contribution in [-0.2, 0) is 27.4 Å². The molecule has 6 rings (SSSR count). The van der Waals surface area contributed by atoms with E-state index in [-0.39, 0.29) is 37.4 Å². The quantitative estimate of drug-likeness (QED) is 0.636. The maximum atomic E-state index is 12.8. The SMILES string of the molecule is Cc1[nH]c(/C=C2\C(=O)Nc3ccc(CN4C(=O)COC4=O)cc32)c(C)c1CN1C[C@H]2C[C@H]2C1.Cl. The molecule has 34 heavy (non-hydrogen) atoms. The monoisotopic (exact) mass is 482 g/mol. The van der Waals surface area contributed by atoms with E-state index >= 15 is 0 Å². The van der Waals surface area contributed by atoms with Crippen molar-refractivity contribution in [3.63, 3.8) is 0 Å². The van der Waals surface area contributed by atoms with Crippen LogP contribution in [0.4, 0.5) is 10.5 Å². The average molecular weight is 483 g/mol. The van der Waals surface area contributed by atoms with Gasteiger partial charge in [0.05, 0.1) is 12.1 Å². The Kier molecular flexibility index (Phi) is 5.53. The summed E-state index contributed by atoms with van der Waals surface area (Å²) in [6.07, 6.45) is 2.67. The number of carbonyl (C=O) groups excluding carboxylic acids is 3. The molecule has 1 aromatic heterocycles. The van der Waals surface area contributed by atoms with E-state index in [1.165, 1.54) is 30.6 Å². The van der Waals surface area contributed by atoms with Crippen LogP contribution >= 0.6 is 12.4 Å². The molecule has 2 aromatic rings. The number of H-pyrrole nitrogens is 1. The Morgan fingerprint density at radius 2 is 1.88 bits per heavy atom. The van der Waals surface area contributed by atoms with Gasteiger partial charge in [0.15, 0.2) is 6.61 Å². The smallest absolute Gasteiger partial charge is 0.417 e. The lowest BCUT2D eigenvalue weighted by Crippen LogP contribution is -2.28. The van der Waals surface area contributed by atoms with E-state index < -0.39 is 6.09 Å². The third-order valence-electron chi connectivity index (χ3n) is 7.40. The van der Waals surface area contributed by atoms with Crippen LogP contribution < -0.4 is 5.32 Å². The number of halogens is 1. The predicted octanol–water partition coefficient (Wildman–Crippen LogP) is 3.48. The molecular formula is C25H27ClN4O4. The highest BCUT2D eigenvalue weighted by molar-refractivity contribution is 6.34.